The summed E-state index contributed by atoms with van der Waals surface area (Å²) in [5, 5.41) is 10.6. The number of carboxylic acid groups (broad SMARTS) is 1. The summed E-state index contributed by atoms with van der Waals surface area (Å²) in [5.41, 5.74) is 0.0255. The molecule has 1 aromatic carbocycles. The molecule has 9 heteroatoms. The van der Waals surface area contributed by atoms with Crippen LogP contribution in [0.3, 0.4) is 0 Å². The molecule has 1 rings (SSSR count). The van der Waals surface area contributed by atoms with E-state index in [2.05, 4.69) is 0 Å². The van der Waals surface area contributed by atoms with Crippen LogP contribution in [0.5, 0.6) is 5.75 Å². The number of halogens is 3. The van der Waals surface area contributed by atoms with Gasteiger partial charge in [-0.3, -0.25) is 4.79 Å². The topological polar surface area (TPSA) is 84.9 Å². The Hall–Kier alpha value is -2.29. The van der Waals surface area contributed by atoms with Crippen LogP contribution >= 0.6 is 0 Å². The van der Waals surface area contributed by atoms with Crippen LogP contribution in [-0.4, -0.2) is 49.5 Å². The zero-order chi connectivity index (χ0) is 17.5. The first-order chi connectivity index (χ1) is 10.7. The number of nitrogens with one attached hydrogen (secondary N) is 1. The van der Waals surface area contributed by atoms with Gasteiger partial charge in [0.25, 0.3) is 5.91 Å². The van der Waals surface area contributed by atoms with E-state index in [-0.39, 0.29) is 5.56 Å². The lowest BCUT2D eigenvalue weighted by atomic mass is 10.1. The van der Waals surface area contributed by atoms with Crippen LogP contribution < -0.4 is 10.1 Å². The molecule has 1 aromatic rings. The van der Waals surface area contributed by atoms with E-state index in [4.69, 9.17) is 14.6 Å². The van der Waals surface area contributed by atoms with E-state index >= 15 is 0 Å². The average Bonchev–Trinajstić information content (AvgIpc) is 2.46. The molecule has 0 fully saturated rings. The maximum atomic E-state index is 12.3. The Labute approximate surface area is 130 Å². The molecular weight excluding hydrogens is 319 g/mol. The van der Waals surface area contributed by atoms with Crippen LogP contribution in [0.2, 0.25) is 0 Å². The van der Waals surface area contributed by atoms with Crippen molar-refractivity contribution in [1.29, 1.82) is 0 Å². The molecule has 0 aliphatic carbocycles. The first-order valence-electron chi connectivity index (χ1n) is 6.55. The van der Waals surface area contributed by atoms with Crippen LogP contribution in [0.15, 0.2) is 24.3 Å². The molecule has 6 nitrogen and oxygen atoms in total. The number of ether oxygens (including phenoxy) is 2. The lowest BCUT2D eigenvalue weighted by Gasteiger charge is -2.16. The number of carbonyl (C=O) groups excluding carboxylic acids is 1. The number of alkyl halides is 3. The summed E-state index contributed by atoms with van der Waals surface area (Å²) in [5.74, 6) is -2.22. The molecule has 0 aromatic heterocycles. The summed E-state index contributed by atoms with van der Waals surface area (Å²) < 4.78 is 46.9. The smallest absolute Gasteiger partial charge is 0.391 e. The predicted molar refractivity (Wildman–Crippen MR) is 73.4 cm³/mol. The van der Waals surface area contributed by atoms with E-state index < -0.39 is 30.5 Å². The highest BCUT2D eigenvalue weighted by Crippen LogP contribution is 2.22. The van der Waals surface area contributed by atoms with Gasteiger partial charge < -0.3 is 19.9 Å². The Morgan fingerprint density at radius 2 is 1.83 bits per heavy atom. The second-order valence-electron chi connectivity index (χ2n) is 4.55. The zero-order valence-electron chi connectivity index (χ0n) is 12.2. The van der Waals surface area contributed by atoms with Crippen molar-refractivity contribution in [3.8, 4) is 5.75 Å². The van der Waals surface area contributed by atoms with Crippen molar-refractivity contribution in [2.45, 2.75) is 18.6 Å². The second-order valence-corrected chi connectivity index (χ2v) is 4.55. The van der Waals surface area contributed by atoms with Crippen molar-refractivity contribution in [3.05, 3.63) is 29.8 Å². The number of methoxy groups -OCH3 is 1. The Bertz CT molecular complexity index is 530. The number of carboxylic acids is 1. The van der Waals surface area contributed by atoms with Gasteiger partial charge in [-0.2, -0.15) is 13.2 Å². The number of carbonyl (C=O) groups is 2. The third kappa shape index (κ3) is 7.00. The number of hydrogen-bond donors (Lipinski definition) is 2. The second kappa shape index (κ2) is 8.37. The van der Waals surface area contributed by atoms with Crippen LogP contribution in [0.1, 0.15) is 16.8 Å². The highest BCUT2D eigenvalue weighted by Gasteiger charge is 2.36. The predicted octanol–water partition coefficient (Wildman–Crippen LogP) is 1.85. The molecule has 0 aliphatic heterocycles. The Morgan fingerprint density at radius 1 is 1.22 bits per heavy atom. The van der Waals surface area contributed by atoms with Gasteiger partial charge in [-0.15, -0.1) is 0 Å². The first-order valence-corrected chi connectivity index (χ1v) is 6.55. The number of rotatable bonds is 8. The SMILES string of the molecule is COCCOc1ccc(C(=O)NC(CC(F)(F)F)C(=O)O)cc1. The van der Waals surface area contributed by atoms with Gasteiger partial charge in [-0.25, -0.2) is 4.79 Å². The summed E-state index contributed by atoms with van der Waals surface area (Å²) in [6.45, 7) is 0.675. The molecule has 1 unspecified atom stereocenters. The van der Waals surface area contributed by atoms with Gasteiger partial charge in [0.2, 0.25) is 0 Å². The Morgan fingerprint density at radius 3 is 2.30 bits per heavy atom. The molecular formula is C14H16F3NO5. The zero-order valence-corrected chi connectivity index (χ0v) is 12.2. The maximum Gasteiger partial charge on any atom is 0.391 e. The van der Waals surface area contributed by atoms with E-state index in [0.29, 0.717) is 19.0 Å². The van der Waals surface area contributed by atoms with Crippen LogP contribution in [0.4, 0.5) is 13.2 Å². The molecule has 0 spiro atoms. The van der Waals surface area contributed by atoms with Gasteiger partial charge in [0.05, 0.1) is 13.0 Å². The van der Waals surface area contributed by atoms with Gasteiger partial charge in [0.15, 0.2) is 0 Å². The Kier molecular flexibility index (Phi) is 6.83. The fourth-order valence-corrected chi connectivity index (χ4v) is 1.62. The van der Waals surface area contributed by atoms with E-state index in [1.54, 1.807) is 0 Å². The average molecular weight is 335 g/mol. The summed E-state index contributed by atoms with van der Waals surface area (Å²) in [7, 11) is 1.51. The van der Waals surface area contributed by atoms with Crippen LogP contribution in [0.25, 0.3) is 0 Å². The summed E-state index contributed by atoms with van der Waals surface area (Å²) in [6, 6.07) is 3.50. The quantitative estimate of drug-likeness (QED) is 0.708. The van der Waals surface area contributed by atoms with Crippen molar-refractivity contribution in [2.24, 2.45) is 0 Å². The van der Waals surface area contributed by atoms with E-state index in [1.165, 1.54) is 31.4 Å². The van der Waals surface area contributed by atoms with Crippen molar-refractivity contribution >= 4 is 11.9 Å². The van der Waals surface area contributed by atoms with Gasteiger partial charge in [0.1, 0.15) is 18.4 Å². The monoisotopic (exact) mass is 335 g/mol. The molecule has 23 heavy (non-hydrogen) atoms. The first kappa shape index (κ1) is 18.8. The highest BCUT2D eigenvalue weighted by atomic mass is 19.4. The summed E-state index contributed by atoms with van der Waals surface area (Å²) in [6.07, 6.45) is -6.35. The molecule has 128 valence electrons. The highest BCUT2D eigenvalue weighted by molar-refractivity contribution is 5.96. The van der Waals surface area contributed by atoms with Gasteiger partial charge in [-0.05, 0) is 24.3 Å². The summed E-state index contributed by atoms with van der Waals surface area (Å²) >= 11 is 0. The molecule has 0 saturated carbocycles. The van der Waals surface area contributed by atoms with Crippen molar-refractivity contribution in [1.82, 2.24) is 5.32 Å². The molecule has 0 saturated heterocycles. The van der Waals surface area contributed by atoms with Crippen molar-refractivity contribution in [2.75, 3.05) is 20.3 Å². The van der Waals surface area contributed by atoms with Crippen LogP contribution in [0, 0.1) is 0 Å². The molecule has 2 N–H and O–H groups in total. The normalized spacial score (nSPS) is 12.5. The minimum absolute atomic E-state index is 0.0255. The van der Waals surface area contributed by atoms with Crippen molar-refractivity contribution in [3.63, 3.8) is 0 Å². The Balaban J connectivity index is 2.67. The van der Waals surface area contributed by atoms with Crippen molar-refractivity contribution < 1.29 is 37.3 Å². The maximum absolute atomic E-state index is 12.3. The number of benzene rings is 1. The minimum Gasteiger partial charge on any atom is -0.491 e. The molecule has 0 bridgehead atoms. The van der Waals surface area contributed by atoms with Gasteiger partial charge >= 0.3 is 12.1 Å². The lowest BCUT2D eigenvalue weighted by Crippen LogP contribution is -2.43. The van der Waals surface area contributed by atoms with Crippen LogP contribution in [-0.2, 0) is 9.53 Å². The standard InChI is InChI=1S/C14H16F3NO5/c1-22-6-7-23-10-4-2-9(3-5-10)12(19)18-11(13(20)21)8-14(15,16)17/h2-5,11H,6-8H2,1H3,(H,18,19)(H,20,21). The number of amides is 1. The number of hydrogen-bond acceptors (Lipinski definition) is 4. The largest absolute Gasteiger partial charge is 0.491 e. The van der Waals surface area contributed by atoms with Gasteiger partial charge in [0, 0.05) is 12.7 Å². The molecule has 1 atom stereocenters. The number of aliphatic carboxylic acids is 1. The van der Waals surface area contributed by atoms with E-state index in [9.17, 15) is 22.8 Å². The molecule has 1 amide bonds. The molecule has 0 heterocycles. The third-order valence-electron chi connectivity index (χ3n) is 2.71. The fourth-order valence-electron chi connectivity index (χ4n) is 1.62. The summed E-state index contributed by atoms with van der Waals surface area (Å²) in [4.78, 5) is 22.6. The third-order valence-corrected chi connectivity index (χ3v) is 2.71. The van der Waals surface area contributed by atoms with Gasteiger partial charge in [-0.1, -0.05) is 0 Å². The molecule has 0 radical (unpaired) electrons. The lowest BCUT2D eigenvalue weighted by molar-refractivity contribution is -0.157. The van der Waals surface area contributed by atoms with E-state index in [1.807, 2.05) is 5.32 Å². The van der Waals surface area contributed by atoms with E-state index in [0.717, 1.165) is 0 Å². The fraction of sp³-hybridized carbons (Fsp3) is 0.429. The molecule has 0 aliphatic rings. The minimum atomic E-state index is -4.70.